The van der Waals surface area contributed by atoms with Crippen LogP contribution in [-0.4, -0.2) is 50.9 Å². The van der Waals surface area contributed by atoms with E-state index in [1.54, 1.807) is 0 Å². The van der Waals surface area contributed by atoms with Gasteiger partial charge in [-0.2, -0.15) is 0 Å². The Morgan fingerprint density at radius 2 is 2.08 bits per heavy atom. The Morgan fingerprint density at radius 3 is 2.79 bits per heavy atom. The van der Waals surface area contributed by atoms with Gasteiger partial charge in [0.05, 0.1) is 11.0 Å². The molecule has 0 bridgehead atoms. The molecule has 1 aromatic carbocycles. The molecule has 2 saturated heterocycles. The van der Waals surface area contributed by atoms with Gasteiger partial charge < -0.3 is 15.2 Å². The molecule has 1 unspecified atom stereocenters. The van der Waals surface area contributed by atoms with E-state index in [0.717, 1.165) is 49.2 Å². The van der Waals surface area contributed by atoms with Gasteiger partial charge in [0, 0.05) is 25.3 Å². The molecule has 6 nitrogen and oxygen atoms in total. The highest BCUT2D eigenvalue weighted by Crippen LogP contribution is 2.23. The number of nitrogens with one attached hydrogen (secondary N) is 2. The maximum Gasteiger partial charge on any atom is 0.279 e. The van der Waals surface area contributed by atoms with Crippen molar-refractivity contribution in [2.75, 3.05) is 18.8 Å². The third kappa shape index (κ3) is 3.13. The van der Waals surface area contributed by atoms with Crippen molar-refractivity contribution in [1.82, 2.24) is 20.2 Å². The van der Waals surface area contributed by atoms with E-state index >= 15 is 0 Å². The number of carbonyl (C=O) groups excluding carboxylic acids is 2. The average Bonchev–Trinajstić information content (AvgIpc) is 3.20. The van der Waals surface area contributed by atoms with Gasteiger partial charge in [-0.1, -0.05) is 23.9 Å². The molecule has 0 radical (unpaired) electrons. The van der Waals surface area contributed by atoms with Crippen LogP contribution < -0.4 is 5.32 Å². The van der Waals surface area contributed by atoms with Gasteiger partial charge in [-0.25, -0.2) is 4.98 Å². The topological polar surface area (TPSA) is 78.1 Å². The number of hydrogen-bond acceptors (Lipinski definition) is 4. The Balaban J connectivity index is 1.32. The molecule has 4 rings (SSSR count). The Hall–Kier alpha value is -2.02. The number of rotatable bonds is 3. The molecule has 2 aliphatic heterocycles. The minimum atomic E-state index is -0.338. The summed E-state index contributed by atoms with van der Waals surface area (Å²) < 4.78 is 0. The number of piperidine rings is 1. The van der Waals surface area contributed by atoms with Crippen LogP contribution in [0.4, 0.5) is 4.79 Å². The maximum atomic E-state index is 12.4. The first-order valence-electron chi connectivity index (χ1n) is 8.35. The zero-order valence-corrected chi connectivity index (χ0v) is 14.1. The number of hydrogen-bond donors (Lipinski definition) is 2. The number of imidazole rings is 1. The lowest BCUT2D eigenvalue weighted by atomic mass is 9.93. The van der Waals surface area contributed by atoms with Gasteiger partial charge in [0.2, 0.25) is 5.91 Å². The Bertz CT molecular complexity index is 734. The average molecular weight is 344 g/mol. The molecule has 2 fully saturated rings. The molecule has 1 aromatic heterocycles. The fourth-order valence-corrected chi connectivity index (χ4v) is 4.24. The zero-order valence-electron chi connectivity index (χ0n) is 13.3. The van der Waals surface area contributed by atoms with E-state index in [9.17, 15) is 9.59 Å². The van der Waals surface area contributed by atoms with E-state index in [1.165, 1.54) is 11.8 Å². The van der Waals surface area contributed by atoms with E-state index in [-0.39, 0.29) is 17.2 Å². The van der Waals surface area contributed by atoms with Crippen molar-refractivity contribution in [3.8, 4) is 0 Å². The lowest BCUT2D eigenvalue weighted by Gasteiger charge is -2.33. The van der Waals surface area contributed by atoms with Crippen LogP contribution in [0.2, 0.25) is 0 Å². The molecule has 0 aliphatic carbocycles. The predicted molar refractivity (Wildman–Crippen MR) is 93.9 cm³/mol. The van der Waals surface area contributed by atoms with Crippen molar-refractivity contribution in [3.05, 3.63) is 30.1 Å². The largest absolute Gasteiger partial charge is 0.342 e. The second kappa shape index (κ2) is 6.47. The van der Waals surface area contributed by atoms with Crippen LogP contribution >= 0.6 is 11.8 Å². The second-order valence-electron chi connectivity index (χ2n) is 6.47. The highest BCUT2D eigenvalue weighted by molar-refractivity contribution is 8.14. The van der Waals surface area contributed by atoms with Crippen molar-refractivity contribution in [1.29, 1.82) is 0 Å². The van der Waals surface area contributed by atoms with E-state index in [0.29, 0.717) is 11.7 Å². The van der Waals surface area contributed by atoms with Gasteiger partial charge in [0.15, 0.2) is 0 Å². The number of carbonyl (C=O) groups is 2. The summed E-state index contributed by atoms with van der Waals surface area (Å²) in [4.78, 5) is 33.6. The van der Waals surface area contributed by atoms with Crippen LogP contribution in [0.25, 0.3) is 11.0 Å². The number of benzene rings is 1. The smallest absolute Gasteiger partial charge is 0.279 e. The van der Waals surface area contributed by atoms with Crippen LogP contribution in [0.3, 0.4) is 0 Å². The van der Waals surface area contributed by atoms with Crippen molar-refractivity contribution >= 4 is 33.9 Å². The highest BCUT2D eigenvalue weighted by Gasteiger charge is 2.33. The number of amides is 2. The molecule has 0 spiro atoms. The highest BCUT2D eigenvalue weighted by atomic mass is 32.2. The van der Waals surface area contributed by atoms with E-state index < -0.39 is 0 Å². The Labute approximate surface area is 144 Å². The van der Waals surface area contributed by atoms with Crippen molar-refractivity contribution in [2.45, 2.75) is 25.3 Å². The molecule has 0 saturated carbocycles. The molecule has 7 heteroatoms. The van der Waals surface area contributed by atoms with Gasteiger partial charge in [0.25, 0.3) is 5.24 Å². The van der Waals surface area contributed by atoms with Gasteiger partial charge in [-0.05, 0) is 30.9 Å². The van der Waals surface area contributed by atoms with Crippen LogP contribution in [0, 0.1) is 5.92 Å². The van der Waals surface area contributed by atoms with Crippen LogP contribution in [0.1, 0.15) is 18.7 Å². The van der Waals surface area contributed by atoms with Gasteiger partial charge in [0.1, 0.15) is 11.9 Å². The van der Waals surface area contributed by atoms with Crippen molar-refractivity contribution < 1.29 is 9.59 Å². The lowest BCUT2D eigenvalue weighted by molar-refractivity contribution is -0.133. The summed E-state index contributed by atoms with van der Waals surface area (Å²) in [5.74, 6) is 2.19. The number of aromatic amines is 1. The molecule has 3 heterocycles. The monoisotopic (exact) mass is 344 g/mol. The van der Waals surface area contributed by atoms with Crippen molar-refractivity contribution in [2.24, 2.45) is 5.92 Å². The van der Waals surface area contributed by atoms with Gasteiger partial charge in [-0.3, -0.25) is 9.59 Å². The fraction of sp³-hybridized carbons (Fsp3) is 0.471. The summed E-state index contributed by atoms with van der Waals surface area (Å²) in [6.07, 6.45) is 2.89. The van der Waals surface area contributed by atoms with E-state index in [4.69, 9.17) is 0 Å². The third-order valence-corrected chi connectivity index (χ3v) is 5.70. The van der Waals surface area contributed by atoms with Crippen LogP contribution in [0.15, 0.2) is 24.3 Å². The summed E-state index contributed by atoms with van der Waals surface area (Å²) in [6.45, 7) is 1.53. The van der Waals surface area contributed by atoms with Crippen LogP contribution in [-0.2, 0) is 11.2 Å². The first-order chi connectivity index (χ1) is 11.7. The Morgan fingerprint density at radius 1 is 1.29 bits per heavy atom. The number of thioether (sulfide) groups is 1. The number of aromatic nitrogens is 2. The summed E-state index contributed by atoms with van der Waals surface area (Å²) in [7, 11) is 0. The molecule has 2 aliphatic rings. The number of likely N-dealkylation sites (tertiary alicyclic amines) is 1. The fourth-order valence-electron chi connectivity index (χ4n) is 3.47. The number of H-pyrrole nitrogens is 1. The number of nitrogens with zero attached hydrogens (tertiary/aromatic N) is 2. The van der Waals surface area contributed by atoms with Crippen molar-refractivity contribution in [3.63, 3.8) is 0 Å². The minimum absolute atomic E-state index is 0.0653. The summed E-state index contributed by atoms with van der Waals surface area (Å²) in [5.41, 5.74) is 2.09. The quantitative estimate of drug-likeness (QED) is 0.894. The van der Waals surface area contributed by atoms with E-state index in [1.807, 2.05) is 29.2 Å². The van der Waals surface area contributed by atoms with E-state index in [2.05, 4.69) is 15.3 Å². The Kier molecular flexibility index (Phi) is 4.18. The third-order valence-electron chi connectivity index (χ3n) is 4.82. The first-order valence-corrected chi connectivity index (χ1v) is 9.33. The molecular weight excluding hydrogens is 324 g/mol. The molecular formula is C17H20N4O2S. The van der Waals surface area contributed by atoms with Gasteiger partial charge in [-0.15, -0.1) is 0 Å². The predicted octanol–water partition coefficient (Wildman–Crippen LogP) is 2.17. The van der Waals surface area contributed by atoms with Gasteiger partial charge >= 0.3 is 0 Å². The molecule has 2 N–H and O–H groups in total. The maximum absolute atomic E-state index is 12.4. The second-order valence-corrected chi connectivity index (χ2v) is 7.46. The minimum Gasteiger partial charge on any atom is -0.342 e. The zero-order chi connectivity index (χ0) is 16.5. The first kappa shape index (κ1) is 15.5. The van der Waals surface area contributed by atoms with Crippen LogP contribution in [0.5, 0.6) is 0 Å². The SMILES string of the molecule is O=C1NC(C(=O)N2CCC(Cc3nc4ccccc4[nH]3)CC2)CS1. The summed E-state index contributed by atoms with van der Waals surface area (Å²) in [6, 6.07) is 7.73. The number of fused-ring (bicyclic) bond motifs is 1. The molecule has 2 aromatic rings. The molecule has 24 heavy (non-hydrogen) atoms. The molecule has 2 amide bonds. The molecule has 126 valence electrons. The lowest BCUT2D eigenvalue weighted by Crippen LogP contribution is -2.48. The standard InChI is InChI=1S/C17H20N4O2S/c22-16(14-10-24-17(23)20-14)21-7-5-11(6-8-21)9-15-18-12-3-1-2-4-13(12)19-15/h1-4,11,14H,5-10H2,(H,18,19)(H,20,23). The summed E-state index contributed by atoms with van der Waals surface area (Å²) in [5, 5.41) is 2.64. The number of para-hydroxylation sites is 2. The normalized spacial score (nSPS) is 22.1. The summed E-state index contributed by atoms with van der Waals surface area (Å²) >= 11 is 1.19. The molecule has 1 atom stereocenters.